The van der Waals surface area contributed by atoms with E-state index >= 15 is 0 Å². The molecule has 0 spiro atoms. The lowest BCUT2D eigenvalue weighted by molar-refractivity contribution is 0.117. The first-order chi connectivity index (χ1) is 10.7. The molecule has 0 saturated carbocycles. The lowest BCUT2D eigenvalue weighted by atomic mass is 9.87. The largest absolute Gasteiger partial charge is 0.385 e. The molecular formula is C19H38N2O. The maximum absolute atomic E-state index is 5.17. The van der Waals surface area contributed by atoms with Crippen LogP contribution in [0.5, 0.6) is 0 Å². The number of nitrogens with zero attached hydrogens (tertiary/aromatic N) is 2. The molecule has 0 radical (unpaired) electrons. The molecule has 2 saturated heterocycles. The van der Waals surface area contributed by atoms with Crippen LogP contribution in [0.2, 0.25) is 0 Å². The van der Waals surface area contributed by atoms with E-state index in [1.165, 1.54) is 77.8 Å². The Balaban J connectivity index is 1.54. The molecule has 3 heteroatoms. The first-order valence-corrected chi connectivity index (χ1v) is 9.62. The maximum Gasteiger partial charge on any atom is 0.0462 e. The lowest BCUT2D eigenvalue weighted by Gasteiger charge is -2.37. The van der Waals surface area contributed by atoms with E-state index in [9.17, 15) is 0 Å². The third kappa shape index (κ3) is 6.17. The van der Waals surface area contributed by atoms with Crippen LogP contribution in [0, 0.1) is 17.8 Å². The van der Waals surface area contributed by atoms with Crippen molar-refractivity contribution in [2.45, 2.75) is 52.4 Å². The highest BCUT2D eigenvalue weighted by Gasteiger charge is 2.23. The molecule has 2 aliphatic rings. The van der Waals surface area contributed by atoms with Gasteiger partial charge in [0.15, 0.2) is 0 Å². The van der Waals surface area contributed by atoms with Gasteiger partial charge in [-0.1, -0.05) is 13.8 Å². The Bertz CT molecular complexity index is 279. The molecule has 0 amide bonds. The monoisotopic (exact) mass is 310 g/mol. The summed E-state index contributed by atoms with van der Waals surface area (Å²) in [6.45, 7) is 13.6. The SMILES string of the molecule is COCCCC1CCN(CCN2CCC(C(C)C)CC2)CC1. The van der Waals surface area contributed by atoms with Gasteiger partial charge in [0.1, 0.15) is 0 Å². The van der Waals surface area contributed by atoms with Gasteiger partial charge in [-0.05, 0) is 82.5 Å². The zero-order valence-electron chi connectivity index (χ0n) is 15.2. The molecule has 0 atom stereocenters. The molecule has 2 aliphatic heterocycles. The topological polar surface area (TPSA) is 15.7 Å². The van der Waals surface area contributed by atoms with Crippen molar-refractivity contribution in [3.63, 3.8) is 0 Å². The van der Waals surface area contributed by atoms with E-state index in [1.807, 2.05) is 7.11 Å². The average molecular weight is 311 g/mol. The van der Waals surface area contributed by atoms with Crippen molar-refractivity contribution in [1.29, 1.82) is 0 Å². The summed E-state index contributed by atoms with van der Waals surface area (Å²) in [5.41, 5.74) is 0. The summed E-state index contributed by atoms with van der Waals surface area (Å²) in [7, 11) is 1.81. The summed E-state index contributed by atoms with van der Waals surface area (Å²) < 4.78 is 5.17. The van der Waals surface area contributed by atoms with Gasteiger partial charge in [0.25, 0.3) is 0 Å². The zero-order chi connectivity index (χ0) is 15.8. The van der Waals surface area contributed by atoms with Crippen molar-refractivity contribution in [2.24, 2.45) is 17.8 Å². The molecule has 2 heterocycles. The predicted molar refractivity (Wildman–Crippen MR) is 94.3 cm³/mol. The van der Waals surface area contributed by atoms with Gasteiger partial charge >= 0.3 is 0 Å². The van der Waals surface area contributed by atoms with E-state index in [2.05, 4.69) is 23.6 Å². The van der Waals surface area contributed by atoms with Gasteiger partial charge in [0, 0.05) is 26.8 Å². The van der Waals surface area contributed by atoms with Crippen LogP contribution in [0.4, 0.5) is 0 Å². The van der Waals surface area contributed by atoms with Gasteiger partial charge in [0.2, 0.25) is 0 Å². The fourth-order valence-electron chi connectivity index (χ4n) is 4.14. The maximum atomic E-state index is 5.17. The summed E-state index contributed by atoms with van der Waals surface area (Å²) in [6, 6.07) is 0. The zero-order valence-corrected chi connectivity index (χ0v) is 15.2. The second-order valence-electron chi connectivity index (χ2n) is 7.84. The van der Waals surface area contributed by atoms with Crippen LogP contribution in [0.3, 0.4) is 0 Å². The normalized spacial score (nSPS) is 23.5. The first kappa shape index (κ1) is 18.2. The molecule has 3 nitrogen and oxygen atoms in total. The van der Waals surface area contributed by atoms with E-state index in [0.717, 1.165) is 24.4 Å². The molecule has 0 aromatic carbocycles. The number of methoxy groups -OCH3 is 1. The van der Waals surface area contributed by atoms with E-state index in [0.29, 0.717) is 0 Å². The molecule has 0 unspecified atom stereocenters. The molecular weight excluding hydrogens is 272 g/mol. The van der Waals surface area contributed by atoms with Crippen molar-refractivity contribution in [3.05, 3.63) is 0 Å². The minimum absolute atomic E-state index is 0.874. The minimum atomic E-state index is 0.874. The molecule has 130 valence electrons. The third-order valence-corrected chi connectivity index (χ3v) is 5.98. The average Bonchev–Trinajstić information content (AvgIpc) is 2.55. The molecule has 22 heavy (non-hydrogen) atoms. The lowest BCUT2D eigenvalue weighted by Crippen LogP contribution is -2.42. The Hall–Kier alpha value is -0.120. The van der Waals surface area contributed by atoms with Gasteiger partial charge in [-0.25, -0.2) is 0 Å². The molecule has 2 rings (SSSR count). The quantitative estimate of drug-likeness (QED) is 0.638. The van der Waals surface area contributed by atoms with Crippen molar-refractivity contribution in [1.82, 2.24) is 9.80 Å². The highest BCUT2D eigenvalue weighted by atomic mass is 16.5. The predicted octanol–water partition coefficient (Wildman–Crippen LogP) is 3.49. The summed E-state index contributed by atoms with van der Waals surface area (Å²) in [4.78, 5) is 5.39. The van der Waals surface area contributed by atoms with E-state index in [1.54, 1.807) is 0 Å². The second-order valence-corrected chi connectivity index (χ2v) is 7.84. The van der Waals surface area contributed by atoms with Gasteiger partial charge in [-0.15, -0.1) is 0 Å². The Kier molecular flexibility index (Phi) is 8.19. The smallest absolute Gasteiger partial charge is 0.0462 e. The van der Waals surface area contributed by atoms with Crippen molar-refractivity contribution in [3.8, 4) is 0 Å². The van der Waals surface area contributed by atoms with Crippen LogP contribution in [0.1, 0.15) is 52.4 Å². The minimum Gasteiger partial charge on any atom is -0.385 e. The van der Waals surface area contributed by atoms with Crippen molar-refractivity contribution in [2.75, 3.05) is 53.0 Å². The van der Waals surface area contributed by atoms with E-state index in [4.69, 9.17) is 4.74 Å². The van der Waals surface area contributed by atoms with Crippen LogP contribution >= 0.6 is 0 Å². The molecule has 0 aromatic heterocycles. The van der Waals surface area contributed by atoms with E-state index < -0.39 is 0 Å². The first-order valence-electron chi connectivity index (χ1n) is 9.62. The summed E-state index contributed by atoms with van der Waals surface area (Å²) >= 11 is 0. The van der Waals surface area contributed by atoms with Gasteiger partial charge in [0.05, 0.1) is 0 Å². The molecule has 0 N–H and O–H groups in total. The van der Waals surface area contributed by atoms with Crippen LogP contribution in [0.15, 0.2) is 0 Å². The second kappa shape index (κ2) is 9.89. The van der Waals surface area contributed by atoms with Crippen LogP contribution in [0.25, 0.3) is 0 Å². The van der Waals surface area contributed by atoms with Crippen LogP contribution in [-0.2, 0) is 4.74 Å². The van der Waals surface area contributed by atoms with Gasteiger partial charge in [-0.3, -0.25) is 0 Å². The van der Waals surface area contributed by atoms with Crippen molar-refractivity contribution < 1.29 is 4.74 Å². The molecule has 2 fully saturated rings. The Labute approximate surface area is 138 Å². The van der Waals surface area contributed by atoms with Crippen LogP contribution < -0.4 is 0 Å². The summed E-state index contributed by atoms with van der Waals surface area (Å²) in [5, 5.41) is 0. The Morgan fingerprint density at radius 1 is 0.909 bits per heavy atom. The fraction of sp³-hybridized carbons (Fsp3) is 1.00. The van der Waals surface area contributed by atoms with Gasteiger partial charge < -0.3 is 14.5 Å². The van der Waals surface area contributed by atoms with Crippen LogP contribution in [-0.4, -0.2) is 62.8 Å². The van der Waals surface area contributed by atoms with Gasteiger partial charge in [-0.2, -0.15) is 0 Å². The Morgan fingerprint density at radius 3 is 1.95 bits per heavy atom. The fourth-order valence-corrected chi connectivity index (χ4v) is 4.14. The summed E-state index contributed by atoms with van der Waals surface area (Å²) in [5.74, 6) is 2.80. The van der Waals surface area contributed by atoms with Crippen molar-refractivity contribution >= 4 is 0 Å². The molecule has 0 aliphatic carbocycles. The highest BCUT2D eigenvalue weighted by Crippen LogP contribution is 2.25. The number of ether oxygens (including phenoxy) is 1. The number of likely N-dealkylation sites (tertiary alicyclic amines) is 2. The summed E-state index contributed by atoms with van der Waals surface area (Å²) in [6.07, 6.45) is 8.24. The number of hydrogen-bond acceptors (Lipinski definition) is 3. The number of rotatable bonds is 8. The molecule has 0 aromatic rings. The standard InChI is InChI=1S/C19H38N2O/c1-17(2)19-8-12-21(13-9-19)15-14-20-10-6-18(7-11-20)5-4-16-22-3/h17-19H,4-16H2,1-3H3. The third-order valence-electron chi connectivity index (χ3n) is 5.98. The number of piperidine rings is 2. The number of hydrogen-bond donors (Lipinski definition) is 0. The Morgan fingerprint density at radius 2 is 1.45 bits per heavy atom. The molecule has 0 bridgehead atoms. The van der Waals surface area contributed by atoms with E-state index in [-0.39, 0.29) is 0 Å². The highest BCUT2D eigenvalue weighted by molar-refractivity contribution is 4.77.